The van der Waals surface area contributed by atoms with Crippen LogP contribution in [0.2, 0.25) is 0 Å². The molecule has 4 nitrogen and oxygen atoms in total. The number of hydrogen-bond acceptors (Lipinski definition) is 4. The summed E-state index contributed by atoms with van der Waals surface area (Å²) in [4.78, 5) is 0. The minimum absolute atomic E-state index is 0.235. The van der Waals surface area contributed by atoms with Crippen LogP contribution in [0.3, 0.4) is 0 Å². The van der Waals surface area contributed by atoms with Gasteiger partial charge in [-0.2, -0.15) is 0 Å². The molecule has 0 saturated carbocycles. The predicted molar refractivity (Wildman–Crippen MR) is 145 cm³/mol. The second-order valence-corrected chi connectivity index (χ2v) is 10.0. The lowest BCUT2D eigenvalue weighted by atomic mass is 9.89. The van der Waals surface area contributed by atoms with Crippen LogP contribution < -0.4 is 9.47 Å². The van der Waals surface area contributed by atoms with E-state index in [-0.39, 0.29) is 12.2 Å². The average molecular weight is 487 g/mol. The Balaban J connectivity index is 1.34. The van der Waals surface area contributed by atoms with Crippen molar-refractivity contribution >= 4 is 0 Å². The van der Waals surface area contributed by atoms with E-state index in [0.29, 0.717) is 19.1 Å². The van der Waals surface area contributed by atoms with Gasteiger partial charge >= 0.3 is 0 Å². The van der Waals surface area contributed by atoms with Crippen LogP contribution in [-0.4, -0.2) is 38.6 Å². The molecule has 2 aliphatic heterocycles. The van der Waals surface area contributed by atoms with Gasteiger partial charge in [0.05, 0.1) is 13.2 Å². The molecule has 3 aromatic carbocycles. The zero-order valence-electron chi connectivity index (χ0n) is 21.6. The molecule has 5 rings (SSSR count). The Hall–Kier alpha value is -2.82. The molecular weight excluding hydrogens is 448 g/mol. The van der Waals surface area contributed by atoms with Gasteiger partial charge in [-0.3, -0.25) is 0 Å². The molecule has 0 aliphatic carbocycles. The molecule has 0 bridgehead atoms. The summed E-state index contributed by atoms with van der Waals surface area (Å²) < 4.78 is 22.8. The van der Waals surface area contributed by atoms with E-state index in [1.807, 2.05) is 12.1 Å². The zero-order valence-corrected chi connectivity index (χ0v) is 21.6. The zero-order chi connectivity index (χ0) is 24.7. The summed E-state index contributed by atoms with van der Waals surface area (Å²) in [5.41, 5.74) is 6.02. The maximum atomic E-state index is 6.42. The lowest BCUT2D eigenvalue weighted by Gasteiger charge is -2.20. The first kappa shape index (κ1) is 24.9. The van der Waals surface area contributed by atoms with Crippen molar-refractivity contribution in [3.8, 4) is 33.8 Å². The quantitative estimate of drug-likeness (QED) is 0.224. The normalized spacial score (nSPS) is 19.1. The topological polar surface area (TPSA) is 43.5 Å². The molecule has 2 heterocycles. The predicted octanol–water partition coefficient (Wildman–Crippen LogP) is 7.33. The first-order valence-electron chi connectivity index (χ1n) is 13.5. The first-order valence-corrected chi connectivity index (χ1v) is 13.5. The minimum Gasteiger partial charge on any atom is -0.491 e. The fourth-order valence-corrected chi connectivity index (χ4v) is 4.68. The molecule has 36 heavy (non-hydrogen) atoms. The van der Waals surface area contributed by atoms with Crippen LogP contribution >= 0.6 is 0 Å². The summed E-state index contributed by atoms with van der Waals surface area (Å²) in [5, 5.41) is 0. The van der Waals surface area contributed by atoms with E-state index in [4.69, 9.17) is 18.9 Å². The highest BCUT2D eigenvalue weighted by atomic mass is 16.6. The van der Waals surface area contributed by atoms with Crippen molar-refractivity contribution in [2.45, 2.75) is 58.2 Å². The molecule has 3 aromatic rings. The highest BCUT2D eigenvalue weighted by Gasteiger charge is 2.25. The Labute approximate surface area is 215 Å². The van der Waals surface area contributed by atoms with Gasteiger partial charge in [-0.05, 0) is 46.7 Å². The SMILES string of the molecule is CCCCC(CC)Cc1cccc(-c2ccc(-c3ccc(OCC4CO4)cc3)cc2)c1OCC1CO1. The van der Waals surface area contributed by atoms with Crippen molar-refractivity contribution in [1.82, 2.24) is 0 Å². The van der Waals surface area contributed by atoms with Gasteiger partial charge in [0, 0.05) is 5.56 Å². The fourth-order valence-electron chi connectivity index (χ4n) is 4.68. The summed E-state index contributed by atoms with van der Waals surface area (Å²) in [5.74, 6) is 2.59. The van der Waals surface area contributed by atoms with Crippen LogP contribution in [0, 0.1) is 5.92 Å². The van der Waals surface area contributed by atoms with Gasteiger partial charge < -0.3 is 18.9 Å². The van der Waals surface area contributed by atoms with E-state index in [9.17, 15) is 0 Å². The number of benzene rings is 3. The van der Waals surface area contributed by atoms with Gasteiger partial charge in [0.2, 0.25) is 0 Å². The maximum absolute atomic E-state index is 6.42. The molecule has 0 radical (unpaired) electrons. The molecule has 2 fully saturated rings. The number of unbranched alkanes of at least 4 members (excludes halogenated alkanes) is 1. The molecule has 0 N–H and O–H groups in total. The fraction of sp³-hybridized carbons (Fsp3) is 0.438. The third-order valence-corrected chi connectivity index (χ3v) is 7.19. The van der Waals surface area contributed by atoms with Crippen molar-refractivity contribution in [1.29, 1.82) is 0 Å². The largest absolute Gasteiger partial charge is 0.491 e. The monoisotopic (exact) mass is 486 g/mol. The number of para-hydroxylation sites is 1. The van der Waals surface area contributed by atoms with Crippen molar-refractivity contribution in [3.63, 3.8) is 0 Å². The Bertz CT molecular complexity index is 1100. The lowest BCUT2D eigenvalue weighted by molar-refractivity contribution is 0.260. The summed E-state index contributed by atoms with van der Waals surface area (Å²) in [7, 11) is 0. The summed E-state index contributed by atoms with van der Waals surface area (Å²) in [6, 6.07) is 23.7. The van der Waals surface area contributed by atoms with Crippen LogP contribution in [0.15, 0.2) is 66.7 Å². The van der Waals surface area contributed by atoms with Crippen molar-refractivity contribution in [2.24, 2.45) is 5.92 Å². The van der Waals surface area contributed by atoms with Crippen LogP contribution in [0.1, 0.15) is 45.1 Å². The number of epoxide rings is 2. The van der Waals surface area contributed by atoms with Crippen LogP contribution in [0.25, 0.3) is 22.3 Å². The molecule has 3 atom stereocenters. The summed E-state index contributed by atoms with van der Waals surface area (Å²) in [6.07, 6.45) is 6.57. The smallest absolute Gasteiger partial charge is 0.130 e. The van der Waals surface area contributed by atoms with Crippen LogP contribution in [-0.2, 0) is 15.9 Å². The lowest BCUT2D eigenvalue weighted by Crippen LogP contribution is -2.10. The average Bonchev–Trinajstić information content (AvgIpc) is 3.85. The summed E-state index contributed by atoms with van der Waals surface area (Å²) in [6.45, 7) is 7.44. The Morgan fingerprint density at radius 2 is 1.39 bits per heavy atom. The van der Waals surface area contributed by atoms with E-state index in [0.717, 1.165) is 36.7 Å². The van der Waals surface area contributed by atoms with E-state index in [1.54, 1.807) is 0 Å². The minimum atomic E-state index is 0.235. The van der Waals surface area contributed by atoms with E-state index >= 15 is 0 Å². The second-order valence-electron chi connectivity index (χ2n) is 10.0. The number of ether oxygens (including phenoxy) is 4. The standard InChI is InChI=1S/C32H38O4/c1-3-5-7-23(4-2)18-27-8-6-9-31(32(27)36-22-30-21-35-30)26-12-10-24(11-13-26)25-14-16-28(17-15-25)33-19-29-20-34-29/h6,8-17,23,29-30H,3-5,7,18-22H2,1-2H3. The highest BCUT2D eigenvalue weighted by Crippen LogP contribution is 2.37. The first-order chi connectivity index (χ1) is 17.7. The van der Waals surface area contributed by atoms with Gasteiger partial charge in [0.15, 0.2) is 0 Å². The van der Waals surface area contributed by atoms with Gasteiger partial charge in [0.1, 0.15) is 36.9 Å². The maximum Gasteiger partial charge on any atom is 0.130 e. The van der Waals surface area contributed by atoms with E-state index in [1.165, 1.54) is 47.9 Å². The number of hydrogen-bond donors (Lipinski definition) is 0. The highest BCUT2D eigenvalue weighted by molar-refractivity contribution is 5.75. The van der Waals surface area contributed by atoms with Gasteiger partial charge in [-0.25, -0.2) is 0 Å². The van der Waals surface area contributed by atoms with Crippen molar-refractivity contribution < 1.29 is 18.9 Å². The van der Waals surface area contributed by atoms with Crippen molar-refractivity contribution in [3.05, 3.63) is 72.3 Å². The molecule has 0 aromatic heterocycles. The molecule has 2 aliphatic rings. The Morgan fingerprint density at radius 1 is 0.778 bits per heavy atom. The van der Waals surface area contributed by atoms with Gasteiger partial charge in [-0.1, -0.05) is 94.1 Å². The van der Waals surface area contributed by atoms with E-state index < -0.39 is 0 Å². The molecule has 3 unspecified atom stereocenters. The third kappa shape index (κ3) is 6.68. The molecule has 0 spiro atoms. The summed E-state index contributed by atoms with van der Waals surface area (Å²) >= 11 is 0. The molecule has 2 saturated heterocycles. The second kappa shape index (κ2) is 11.9. The van der Waals surface area contributed by atoms with Gasteiger partial charge in [0.25, 0.3) is 0 Å². The number of rotatable bonds is 14. The molecule has 190 valence electrons. The third-order valence-electron chi connectivity index (χ3n) is 7.19. The van der Waals surface area contributed by atoms with Crippen LogP contribution in [0.5, 0.6) is 11.5 Å². The molecule has 0 amide bonds. The van der Waals surface area contributed by atoms with E-state index in [2.05, 4.69) is 68.4 Å². The molecule has 4 heteroatoms. The van der Waals surface area contributed by atoms with Gasteiger partial charge in [-0.15, -0.1) is 0 Å². The van der Waals surface area contributed by atoms with Crippen LogP contribution in [0.4, 0.5) is 0 Å². The molecular formula is C32H38O4. The van der Waals surface area contributed by atoms with Crippen molar-refractivity contribution in [2.75, 3.05) is 26.4 Å². The Kier molecular flexibility index (Phi) is 8.25. The Morgan fingerprint density at radius 3 is 2.00 bits per heavy atom.